The highest BCUT2D eigenvalue weighted by Gasteiger charge is 2.07. The van der Waals surface area contributed by atoms with Crippen LogP contribution >= 0.6 is 11.3 Å². The van der Waals surface area contributed by atoms with E-state index in [4.69, 9.17) is 0 Å². The third-order valence-electron chi connectivity index (χ3n) is 2.65. The van der Waals surface area contributed by atoms with Gasteiger partial charge in [0.25, 0.3) is 16.8 Å². The Hall–Kier alpha value is -2.94. The second-order valence-electron chi connectivity index (χ2n) is 4.06. The molecule has 0 bridgehead atoms. The number of nitrogens with zero attached hydrogens (tertiary/aromatic N) is 4. The van der Waals surface area contributed by atoms with E-state index in [1.54, 1.807) is 6.07 Å². The van der Waals surface area contributed by atoms with Crippen LogP contribution in [0.3, 0.4) is 0 Å². The van der Waals surface area contributed by atoms with Gasteiger partial charge in [-0.25, -0.2) is 0 Å². The highest BCUT2D eigenvalue weighted by molar-refractivity contribution is 7.15. The van der Waals surface area contributed by atoms with Crippen molar-refractivity contribution in [1.82, 2.24) is 14.6 Å². The number of hydrogen-bond acceptors (Lipinski definition) is 7. The molecule has 21 heavy (non-hydrogen) atoms. The van der Waals surface area contributed by atoms with E-state index in [1.807, 2.05) is 0 Å². The van der Waals surface area contributed by atoms with Crippen molar-refractivity contribution in [2.75, 3.05) is 0 Å². The number of non-ortho nitro benzene ring substituents is 1. The van der Waals surface area contributed by atoms with E-state index in [0.29, 0.717) is 10.1 Å². The van der Waals surface area contributed by atoms with Crippen LogP contribution in [0.2, 0.25) is 0 Å². The minimum Gasteiger partial charge on any atom is -0.266 e. The van der Waals surface area contributed by atoms with Crippen LogP contribution in [0.4, 0.5) is 5.69 Å². The molecule has 0 unspecified atom stereocenters. The zero-order valence-electron chi connectivity index (χ0n) is 10.3. The van der Waals surface area contributed by atoms with Gasteiger partial charge in [-0.15, -0.1) is 0 Å². The molecule has 0 spiro atoms. The predicted molar refractivity (Wildman–Crippen MR) is 75.3 cm³/mol. The van der Waals surface area contributed by atoms with Gasteiger partial charge in [0.15, 0.2) is 0 Å². The van der Waals surface area contributed by atoms with Gasteiger partial charge in [-0.2, -0.15) is 14.6 Å². The highest BCUT2D eigenvalue weighted by Crippen LogP contribution is 2.13. The maximum atomic E-state index is 12.1. The molecule has 2 aromatic heterocycles. The van der Waals surface area contributed by atoms with Crippen molar-refractivity contribution in [3.63, 3.8) is 0 Å². The smallest absolute Gasteiger partial charge is 0.266 e. The lowest BCUT2D eigenvalue weighted by Crippen LogP contribution is -2.25. The summed E-state index contributed by atoms with van der Waals surface area (Å²) in [7, 11) is 0. The van der Waals surface area contributed by atoms with Crippen LogP contribution in [0.25, 0.3) is 11.0 Å². The number of thiazole rings is 1. The monoisotopic (exact) mass is 302 g/mol. The Bertz CT molecular complexity index is 1020. The van der Waals surface area contributed by atoms with E-state index in [2.05, 4.69) is 10.1 Å². The first-order chi connectivity index (χ1) is 10.0. The summed E-state index contributed by atoms with van der Waals surface area (Å²) in [5.41, 5.74) is -0.508. The van der Waals surface area contributed by atoms with Gasteiger partial charge in [-0.3, -0.25) is 19.7 Å². The number of nitro benzene ring substituents is 1. The van der Waals surface area contributed by atoms with Crippen LogP contribution in [0.15, 0.2) is 40.1 Å². The first-order valence-electron chi connectivity index (χ1n) is 5.70. The molecule has 8 nitrogen and oxygen atoms in total. The summed E-state index contributed by atoms with van der Waals surface area (Å²) in [6.07, 6.45) is 2.46. The lowest BCUT2D eigenvalue weighted by Gasteiger charge is -1.92. The third kappa shape index (κ3) is 2.41. The van der Waals surface area contributed by atoms with E-state index in [-0.39, 0.29) is 10.6 Å². The van der Waals surface area contributed by atoms with Crippen molar-refractivity contribution >= 4 is 28.1 Å². The van der Waals surface area contributed by atoms with Gasteiger partial charge in [0.05, 0.1) is 9.46 Å². The molecular weight excluding hydrogens is 296 g/mol. The Morgan fingerprint density at radius 3 is 2.90 bits per heavy atom. The largest absolute Gasteiger partial charge is 0.292 e. The summed E-state index contributed by atoms with van der Waals surface area (Å²) < 4.78 is 1.32. The van der Waals surface area contributed by atoms with Crippen molar-refractivity contribution in [2.24, 2.45) is 0 Å². The van der Waals surface area contributed by atoms with Gasteiger partial charge >= 0.3 is 0 Å². The summed E-state index contributed by atoms with van der Waals surface area (Å²) in [4.78, 5) is 37.3. The second-order valence-corrected chi connectivity index (χ2v) is 5.07. The molecule has 0 N–H and O–H groups in total. The SMILES string of the molecule is O=c1cnn2c(=O)/c(=C/c3cccc([N+](=O)[O-])c3)sc2n1. The molecule has 0 aliphatic heterocycles. The van der Waals surface area contributed by atoms with Crippen molar-refractivity contribution in [2.45, 2.75) is 0 Å². The minimum atomic E-state index is -0.529. The van der Waals surface area contributed by atoms with Crippen LogP contribution in [-0.4, -0.2) is 19.5 Å². The molecule has 104 valence electrons. The van der Waals surface area contributed by atoms with Gasteiger partial charge in [0, 0.05) is 12.1 Å². The molecule has 0 saturated heterocycles. The van der Waals surface area contributed by atoms with Crippen molar-refractivity contribution in [3.05, 3.63) is 71.4 Å². The first-order valence-corrected chi connectivity index (χ1v) is 6.51. The Morgan fingerprint density at radius 2 is 2.14 bits per heavy atom. The van der Waals surface area contributed by atoms with E-state index >= 15 is 0 Å². The second kappa shape index (κ2) is 4.87. The van der Waals surface area contributed by atoms with Crippen molar-refractivity contribution in [1.29, 1.82) is 0 Å². The number of benzene rings is 1. The standard InChI is InChI=1S/C12H6N4O4S/c17-10-6-13-15-11(18)9(21-12(15)14-10)5-7-2-1-3-8(4-7)16(19)20/h1-6H/b9-5-. The van der Waals surface area contributed by atoms with Gasteiger partial charge < -0.3 is 0 Å². The maximum Gasteiger partial charge on any atom is 0.292 e. The zero-order chi connectivity index (χ0) is 15.0. The molecular formula is C12H6N4O4S. The molecule has 0 aliphatic rings. The van der Waals surface area contributed by atoms with Crippen LogP contribution in [0.5, 0.6) is 0 Å². The number of nitro groups is 1. The van der Waals surface area contributed by atoms with Gasteiger partial charge in [-0.1, -0.05) is 23.5 Å². The van der Waals surface area contributed by atoms with E-state index in [9.17, 15) is 19.7 Å². The Kier molecular flexibility index (Phi) is 3.03. The Morgan fingerprint density at radius 1 is 1.33 bits per heavy atom. The number of fused-ring (bicyclic) bond motifs is 1. The average molecular weight is 302 g/mol. The van der Waals surface area contributed by atoms with Crippen LogP contribution in [-0.2, 0) is 0 Å². The van der Waals surface area contributed by atoms with Crippen LogP contribution < -0.4 is 15.7 Å². The highest BCUT2D eigenvalue weighted by atomic mass is 32.1. The molecule has 0 radical (unpaired) electrons. The average Bonchev–Trinajstić information content (AvgIpc) is 2.75. The van der Waals surface area contributed by atoms with Crippen molar-refractivity contribution < 1.29 is 4.92 Å². The number of aromatic nitrogens is 3. The van der Waals surface area contributed by atoms with Crippen LogP contribution in [0, 0.1) is 10.1 Å². The fourth-order valence-electron chi connectivity index (χ4n) is 1.75. The molecule has 0 amide bonds. The maximum absolute atomic E-state index is 12.1. The van der Waals surface area contributed by atoms with E-state index < -0.39 is 16.0 Å². The minimum absolute atomic E-state index is 0.0666. The number of rotatable bonds is 2. The topological polar surface area (TPSA) is 107 Å². The molecule has 2 heterocycles. The van der Waals surface area contributed by atoms with Crippen LogP contribution in [0.1, 0.15) is 5.56 Å². The molecule has 0 fully saturated rings. The summed E-state index contributed by atoms with van der Waals surface area (Å²) in [6.45, 7) is 0. The van der Waals surface area contributed by atoms with E-state index in [1.165, 1.54) is 24.3 Å². The summed E-state index contributed by atoms with van der Waals surface area (Å²) in [6, 6.07) is 5.89. The molecule has 0 saturated carbocycles. The zero-order valence-corrected chi connectivity index (χ0v) is 11.1. The molecule has 3 aromatic rings. The number of hydrogen-bond donors (Lipinski definition) is 0. The summed E-state index contributed by atoms with van der Waals surface area (Å²) in [5, 5.41) is 14.4. The molecule has 0 aliphatic carbocycles. The normalized spacial score (nSPS) is 11.9. The Labute approximate surface area is 119 Å². The third-order valence-corrected chi connectivity index (χ3v) is 3.61. The molecule has 9 heteroatoms. The van der Waals surface area contributed by atoms with Gasteiger partial charge in [-0.05, 0) is 11.6 Å². The lowest BCUT2D eigenvalue weighted by molar-refractivity contribution is -0.384. The Balaban J connectivity index is 2.22. The molecule has 0 atom stereocenters. The van der Waals surface area contributed by atoms with Gasteiger partial charge in [0.2, 0.25) is 4.96 Å². The fraction of sp³-hybridized carbons (Fsp3) is 0. The lowest BCUT2D eigenvalue weighted by atomic mass is 10.2. The molecule has 3 rings (SSSR count). The first kappa shape index (κ1) is 13.1. The predicted octanol–water partition coefficient (Wildman–Crippen LogP) is -0.0329. The van der Waals surface area contributed by atoms with Crippen molar-refractivity contribution in [3.8, 4) is 0 Å². The van der Waals surface area contributed by atoms with E-state index in [0.717, 1.165) is 22.0 Å². The quantitative estimate of drug-likeness (QED) is 0.486. The fourth-order valence-corrected chi connectivity index (χ4v) is 2.67. The molecule has 1 aromatic carbocycles. The summed E-state index contributed by atoms with van der Waals surface area (Å²) in [5.74, 6) is 0. The summed E-state index contributed by atoms with van der Waals surface area (Å²) >= 11 is 0.999. The van der Waals surface area contributed by atoms with Gasteiger partial charge in [0.1, 0.15) is 6.20 Å².